The van der Waals surface area contributed by atoms with Crippen LogP contribution in [0.2, 0.25) is 0 Å². The number of nitrogens with zero attached hydrogens (tertiary/aromatic N) is 1. The molecule has 0 N–H and O–H groups in total. The standard InChI is InChI=1S/C11H17NO2/c1-8-11(5-6-14-8)12(2)9-3-4-10(13)7-9/h7-8,11H,3-6H2,1-2H3. The molecule has 2 rings (SSSR count). The molecule has 3 heteroatoms. The molecule has 0 amide bonds. The molecular weight excluding hydrogens is 178 g/mol. The van der Waals surface area contributed by atoms with Crippen LogP contribution < -0.4 is 0 Å². The largest absolute Gasteiger partial charge is 0.376 e. The van der Waals surface area contributed by atoms with Gasteiger partial charge in [0.2, 0.25) is 0 Å². The van der Waals surface area contributed by atoms with Crippen LogP contribution in [-0.4, -0.2) is 36.5 Å². The van der Waals surface area contributed by atoms with Crippen molar-refractivity contribution >= 4 is 5.78 Å². The third kappa shape index (κ3) is 1.69. The average molecular weight is 195 g/mol. The summed E-state index contributed by atoms with van der Waals surface area (Å²) in [5, 5.41) is 0. The lowest BCUT2D eigenvalue weighted by atomic mass is 10.1. The van der Waals surface area contributed by atoms with Crippen molar-refractivity contribution in [2.24, 2.45) is 0 Å². The van der Waals surface area contributed by atoms with E-state index in [2.05, 4.69) is 18.9 Å². The Kier molecular flexibility index (Phi) is 2.59. The van der Waals surface area contributed by atoms with E-state index in [1.54, 1.807) is 6.08 Å². The van der Waals surface area contributed by atoms with Gasteiger partial charge in [0, 0.05) is 31.8 Å². The van der Waals surface area contributed by atoms with Gasteiger partial charge in [0.25, 0.3) is 0 Å². The fourth-order valence-corrected chi connectivity index (χ4v) is 2.30. The van der Waals surface area contributed by atoms with Crippen LogP contribution in [0, 0.1) is 0 Å². The summed E-state index contributed by atoms with van der Waals surface area (Å²) in [7, 11) is 2.07. The number of rotatable bonds is 2. The van der Waals surface area contributed by atoms with Crippen LogP contribution in [-0.2, 0) is 9.53 Å². The van der Waals surface area contributed by atoms with Gasteiger partial charge in [-0.3, -0.25) is 4.79 Å². The van der Waals surface area contributed by atoms with Gasteiger partial charge in [-0.2, -0.15) is 0 Å². The topological polar surface area (TPSA) is 29.5 Å². The van der Waals surface area contributed by atoms with Crippen LogP contribution in [0.25, 0.3) is 0 Å². The summed E-state index contributed by atoms with van der Waals surface area (Å²) in [6.45, 7) is 2.95. The SMILES string of the molecule is CC1OCCC1N(C)C1=CC(=O)CC1. The van der Waals surface area contributed by atoms with Gasteiger partial charge in [-0.05, 0) is 19.8 Å². The van der Waals surface area contributed by atoms with Crippen molar-refractivity contribution in [2.75, 3.05) is 13.7 Å². The smallest absolute Gasteiger partial charge is 0.157 e. The van der Waals surface area contributed by atoms with Crippen molar-refractivity contribution in [2.45, 2.75) is 38.3 Å². The minimum Gasteiger partial charge on any atom is -0.376 e. The number of hydrogen-bond donors (Lipinski definition) is 0. The number of likely N-dealkylation sites (N-methyl/N-ethyl adjacent to an activating group) is 1. The molecule has 0 saturated carbocycles. The Labute approximate surface area is 84.7 Å². The normalized spacial score (nSPS) is 32.1. The quantitative estimate of drug-likeness (QED) is 0.666. The molecule has 2 atom stereocenters. The fraction of sp³-hybridized carbons (Fsp3) is 0.727. The van der Waals surface area contributed by atoms with E-state index in [9.17, 15) is 4.79 Å². The summed E-state index contributed by atoms with van der Waals surface area (Å²) in [5.41, 5.74) is 1.18. The van der Waals surface area contributed by atoms with Crippen LogP contribution in [0.15, 0.2) is 11.8 Å². The van der Waals surface area contributed by atoms with Gasteiger partial charge in [0.15, 0.2) is 5.78 Å². The Morgan fingerprint density at radius 1 is 1.50 bits per heavy atom. The first-order chi connectivity index (χ1) is 6.68. The maximum atomic E-state index is 11.1. The third-order valence-corrected chi connectivity index (χ3v) is 3.24. The number of allylic oxidation sites excluding steroid dienone is 2. The molecule has 3 nitrogen and oxygen atoms in total. The lowest BCUT2D eigenvalue weighted by Crippen LogP contribution is -2.35. The van der Waals surface area contributed by atoms with E-state index in [1.165, 1.54) is 5.70 Å². The molecule has 0 aromatic rings. The molecule has 14 heavy (non-hydrogen) atoms. The fourth-order valence-electron chi connectivity index (χ4n) is 2.30. The lowest BCUT2D eigenvalue weighted by molar-refractivity contribution is -0.114. The molecule has 78 valence electrons. The van der Waals surface area contributed by atoms with Crippen molar-refractivity contribution in [1.82, 2.24) is 4.90 Å². The Balaban J connectivity index is 2.04. The molecule has 0 bridgehead atoms. The highest BCUT2D eigenvalue weighted by Gasteiger charge is 2.30. The second-order valence-corrected chi connectivity index (χ2v) is 4.14. The Morgan fingerprint density at radius 3 is 2.79 bits per heavy atom. The highest BCUT2D eigenvalue weighted by atomic mass is 16.5. The van der Waals surface area contributed by atoms with Gasteiger partial charge in [0.1, 0.15) is 0 Å². The van der Waals surface area contributed by atoms with Crippen LogP contribution in [0.5, 0.6) is 0 Å². The van der Waals surface area contributed by atoms with Crippen molar-refractivity contribution in [3.05, 3.63) is 11.8 Å². The van der Waals surface area contributed by atoms with Crippen LogP contribution in [0.3, 0.4) is 0 Å². The minimum absolute atomic E-state index is 0.262. The van der Waals surface area contributed by atoms with Gasteiger partial charge in [-0.15, -0.1) is 0 Å². The first-order valence-electron chi connectivity index (χ1n) is 5.26. The Bertz CT molecular complexity index is 272. The summed E-state index contributed by atoms with van der Waals surface area (Å²) >= 11 is 0. The highest BCUT2D eigenvalue weighted by molar-refractivity contribution is 5.92. The second-order valence-electron chi connectivity index (χ2n) is 4.14. The molecule has 1 heterocycles. The van der Waals surface area contributed by atoms with Crippen molar-refractivity contribution in [1.29, 1.82) is 0 Å². The minimum atomic E-state index is 0.262. The summed E-state index contributed by atoms with van der Waals surface area (Å²) in [6, 6.07) is 0.451. The molecule has 0 radical (unpaired) electrons. The number of carbonyl (C=O) groups excluding carboxylic acids is 1. The molecule has 0 spiro atoms. The summed E-state index contributed by atoms with van der Waals surface area (Å²) in [5.74, 6) is 0.262. The highest BCUT2D eigenvalue weighted by Crippen LogP contribution is 2.26. The molecular formula is C11H17NO2. The average Bonchev–Trinajstić information content (AvgIpc) is 2.73. The Morgan fingerprint density at radius 2 is 2.29 bits per heavy atom. The zero-order valence-corrected chi connectivity index (χ0v) is 8.82. The number of ether oxygens (including phenoxy) is 1. The van der Waals surface area contributed by atoms with Gasteiger partial charge < -0.3 is 9.64 Å². The van der Waals surface area contributed by atoms with Gasteiger partial charge in [-0.25, -0.2) is 0 Å². The summed E-state index contributed by atoms with van der Waals surface area (Å²) < 4.78 is 5.52. The van der Waals surface area contributed by atoms with Crippen molar-refractivity contribution in [3.63, 3.8) is 0 Å². The molecule has 0 aromatic carbocycles. The number of hydrogen-bond acceptors (Lipinski definition) is 3. The summed E-state index contributed by atoms with van der Waals surface area (Å²) in [4.78, 5) is 13.3. The van der Waals surface area contributed by atoms with Crippen LogP contribution >= 0.6 is 0 Å². The lowest BCUT2D eigenvalue weighted by Gasteiger charge is -2.29. The first-order valence-corrected chi connectivity index (χ1v) is 5.26. The van der Waals surface area contributed by atoms with E-state index in [1.807, 2.05) is 0 Å². The zero-order chi connectivity index (χ0) is 10.1. The molecule has 2 aliphatic rings. The van der Waals surface area contributed by atoms with Crippen LogP contribution in [0.4, 0.5) is 0 Å². The maximum Gasteiger partial charge on any atom is 0.157 e. The van der Waals surface area contributed by atoms with Gasteiger partial charge in [-0.1, -0.05) is 0 Å². The number of ketones is 1. The maximum absolute atomic E-state index is 11.1. The van der Waals surface area contributed by atoms with Gasteiger partial charge in [0.05, 0.1) is 12.1 Å². The van der Waals surface area contributed by atoms with Crippen LogP contribution in [0.1, 0.15) is 26.2 Å². The Hall–Kier alpha value is -0.830. The predicted molar refractivity (Wildman–Crippen MR) is 53.9 cm³/mol. The molecule has 1 aliphatic heterocycles. The van der Waals surface area contributed by atoms with E-state index in [0.29, 0.717) is 12.5 Å². The molecule has 0 aromatic heterocycles. The van der Waals surface area contributed by atoms with E-state index < -0.39 is 0 Å². The van der Waals surface area contributed by atoms with E-state index in [4.69, 9.17) is 4.74 Å². The zero-order valence-electron chi connectivity index (χ0n) is 8.82. The van der Waals surface area contributed by atoms with Crippen molar-refractivity contribution < 1.29 is 9.53 Å². The number of carbonyl (C=O) groups is 1. The monoisotopic (exact) mass is 195 g/mol. The van der Waals surface area contributed by atoms with Crippen molar-refractivity contribution in [3.8, 4) is 0 Å². The van der Waals surface area contributed by atoms with E-state index >= 15 is 0 Å². The molecule has 1 saturated heterocycles. The first kappa shape index (κ1) is 9.71. The molecule has 2 unspecified atom stereocenters. The van der Waals surface area contributed by atoms with E-state index in [-0.39, 0.29) is 11.9 Å². The third-order valence-electron chi connectivity index (χ3n) is 3.24. The van der Waals surface area contributed by atoms with Gasteiger partial charge >= 0.3 is 0 Å². The predicted octanol–water partition coefficient (Wildman–Crippen LogP) is 1.34. The summed E-state index contributed by atoms with van der Waals surface area (Å²) in [6.07, 6.45) is 4.73. The second kappa shape index (κ2) is 3.73. The van der Waals surface area contributed by atoms with E-state index in [0.717, 1.165) is 19.4 Å². The molecule has 1 fully saturated rings. The molecule has 1 aliphatic carbocycles.